The van der Waals surface area contributed by atoms with Crippen molar-refractivity contribution in [3.05, 3.63) is 58.3 Å². The van der Waals surface area contributed by atoms with E-state index in [9.17, 15) is 0 Å². The zero-order chi connectivity index (χ0) is 9.80. The SMILES string of the molecule is SCC(c1ccccc1)c1cccs1. The van der Waals surface area contributed by atoms with E-state index in [4.69, 9.17) is 0 Å². The third-order valence-electron chi connectivity index (χ3n) is 2.27. The molecule has 0 aliphatic rings. The molecule has 0 bridgehead atoms. The second-order valence-corrected chi connectivity index (χ2v) is 4.51. The summed E-state index contributed by atoms with van der Waals surface area (Å²) in [6.07, 6.45) is 0. The molecule has 0 saturated heterocycles. The molecule has 0 fully saturated rings. The largest absolute Gasteiger partial charge is 0.178 e. The maximum atomic E-state index is 4.42. The number of benzene rings is 1. The van der Waals surface area contributed by atoms with Crippen molar-refractivity contribution < 1.29 is 0 Å². The fraction of sp³-hybridized carbons (Fsp3) is 0.167. The molecule has 72 valence electrons. The lowest BCUT2D eigenvalue weighted by atomic mass is 10.00. The van der Waals surface area contributed by atoms with Gasteiger partial charge >= 0.3 is 0 Å². The van der Waals surface area contributed by atoms with Crippen molar-refractivity contribution in [1.82, 2.24) is 0 Å². The molecule has 0 aliphatic carbocycles. The van der Waals surface area contributed by atoms with E-state index in [1.165, 1.54) is 10.4 Å². The summed E-state index contributed by atoms with van der Waals surface area (Å²) in [5, 5.41) is 2.12. The van der Waals surface area contributed by atoms with Crippen molar-refractivity contribution in [3.63, 3.8) is 0 Å². The van der Waals surface area contributed by atoms with Crippen molar-refractivity contribution >= 4 is 24.0 Å². The van der Waals surface area contributed by atoms with Gasteiger partial charge in [0, 0.05) is 16.5 Å². The second kappa shape index (κ2) is 4.67. The van der Waals surface area contributed by atoms with E-state index in [0.29, 0.717) is 5.92 Å². The Bertz CT molecular complexity index is 364. The zero-order valence-corrected chi connectivity index (χ0v) is 9.47. The summed E-state index contributed by atoms with van der Waals surface area (Å²) in [5.74, 6) is 1.31. The number of thiol groups is 1. The minimum Gasteiger partial charge on any atom is -0.178 e. The molecule has 1 unspecified atom stereocenters. The predicted molar refractivity (Wildman–Crippen MR) is 66.5 cm³/mol. The molecule has 0 saturated carbocycles. The summed E-state index contributed by atoms with van der Waals surface area (Å²) in [5.41, 5.74) is 1.35. The number of thiophene rings is 1. The molecule has 1 aromatic carbocycles. The molecule has 14 heavy (non-hydrogen) atoms. The molecule has 0 radical (unpaired) electrons. The van der Waals surface area contributed by atoms with Crippen molar-refractivity contribution in [2.75, 3.05) is 5.75 Å². The van der Waals surface area contributed by atoms with E-state index in [0.717, 1.165) is 5.75 Å². The summed E-state index contributed by atoms with van der Waals surface area (Å²) in [4.78, 5) is 1.39. The van der Waals surface area contributed by atoms with Gasteiger partial charge in [-0.15, -0.1) is 11.3 Å². The van der Waals surface area contributed by atoms with Crippen molar-refractivity contribution in [2.45, 2.75) is 5.92 Å². The van der Waals surface area contributed by atoms with Crippen LogP contribution in [0.25, 0.3) is 0 Å². The standard InChI is InChI=1S/C12H12S2/c13-9-11(12-7-4-8-14-12)10-5-2-1-3-6-10/h1-8,11,13H,9H2. The molecular formula is C12H12S2. The Morgan fingerprint density at radius 2 is 1.86 bits per heavy atom. The molecule has 0 spiro atoms. The van der Waals surface area contributed by atoms with Gasteiger partial charge in [-0.05, 0) is 17.0 Å². The number of hydrogen-bond donors (Lipinski definition) is 1. The first-order chi connectivity index (χ1) is 6.92. The molecule has 2 heteroatoms. The lowest BCUT2D eigenvalue weighted by Crippen LogP contribution is -1.99. The van der Waals surface area contributed by atoms with Gasteiger partial charge in [-0.25, -0.2) is 0 Å². The Balaban J connectivity index is 2.31. The van der Waals surface area contributed by atoms with Crippen molar-refractivity contribution in [1.29, 1.82) is 0 Å². The van der Waals surface area contributed by atoms with Gasteiger partial charge in [0.2, 0.25) is 0 Å². The van der Waals surface area contributed by atoms with Crippen LogP contribution in [0.2, 0.25) is 0 Å². The Kier molecular flexibility index (Phi) is 3.27. The van der Waals surface area contributed by atoms with Crippen molar-refractivity contribution in [3.8, 4) is 0 Å². The van der Waals surface area contributed by atoms with E-state index < -0.39 is 0 Å². The molecule has 1 atom stereocenters. The third kappa shape index (κ3) is 2.02. The molecule has 0 aliphatic heterocycles. The second-order valence-electron chi connectivity index (χ2n) is 3.16. The highest BCUT2D eigenvalue weighted by Crippen LogP contribution is 2.28. The molecule has 1 heterocycles. The maximum absolute atomic E-state index is 4.42. The van der Waals surface area contributed by atoms with E-state index in [1.54, 1.807) is 11.3 Å². The van der Waals surface area contributed by atoms with E-state index >= 15 is 0 Å². The van der Waals surface area contributed by atoms with Crippen LogP contribution in [0, 0.1) is 0 Å². The number of rotatable bonds is 3. The van der Waals surface area contributed by atoms with Gasteiger partial charge in [0.25, 0.3) is 0 Å². The van der Waals surface area contributed by atoms with Crippen LogP contribution in [-0.4, -0.2) is 5.75 Å². The molecule has 2 rings (SSSR count). The van der Waals surface area contributed by atoms with Crippen LogP contribution in [-0.2, 0) is 0 Å². The fourth-order valence-corrected chi connectivity index (χ4v) is 2.92. The molecule has 0 nitrogen and oxygen atoms in total. The highest BCUT2D eigenvalue weighted by molar-refractivity contribution is 7.80. The molecule has 1 aromatic heterocycles. The quantitative estimate of drug-likeness (QED) is 0.747. The van der Waals surface area contributed by atoms with E-state index in [1.807, 2.05) is 6.07 Å². The summed E-state index contributed by atoms with van der Waals surface area (Å²) >= 11 is 6.22. The first-order valence-corrected chi connectivity index (χ1v) is 6.12. The van der Waals surface area contributed by atoms with Crippen LogP contribution in [0.5, 0.6) is 0 Å². The summed E-state index contributed by atoms with van der Waals surface area (Å²) in [6.45, 7) is 0. The maximum Gasteiger partial charge on any atom is 0.0272 e. The minimum atomic E-state index is 0.444. The van der Waals surface area contributed by atoms with Crippen LogP contribution in [0.1, 0.15) is 16.4 Å². The van der Waals surface area contributed by atoms with Crippen molar-refractivity contribution in [2.24, 2.45) is 0 Å². The van der Waals surface area contributed by atoms with Crippen LogP contribution in [0.4, 0.5) is 0 Å². The minimum absolute atomic E-state index is 0.444. The smallest absolute Gasteiger partial charge is 0.0272 e. The third-order valence-corrected chi connectivity index (χ3v) is 3.62. The van der Waals surface area contributed by atoms with Crippen LogP contribution >= 0.6 is 24.0 Å². The van der Waals surface area contributed by atoms with Crippen LogP contribution < -0.4 is 0 Å². The average molecular weight is 220 g/mol. The van der Waals surface area contributed by atoms with E-state index in [-0.39, 0.29) is 0 Å². The molecule has 2 aromatic rings. The Morgan fingerprint density at radius 1 is 1.07 bits per heavy atom. The summed E-state index contributed by atoms with van der Waals surface area (Å²) in [6, 6.07) is 14.8. The summed E-state index contributed by atoms with van der Waals surface area (Å²) < 4.78 is 0. The van der Waals surface area contributed by atoms with Gasteiger partial charge in [0.1, 0.15) is 0 Å². The Labute approximate surface area is 94.0 Å². The topological polar surface area (TPSA) is 0 Å². The zero-order valence-electron chi connectivity index (χ0n) is 7.76. The van der Waals surface area contributed by atoms with Gasteiger partial charge in [-0.2, -0.15) is 12.6 Å². The summed E-state index contributed by atoms with van der Waals surface area (Å²) in [7, 11) is 0. The van der Waals surface area contributed by atoms with Gasteiger partial charge in [0.15, 0.2) is 0 Å². The van der Waals surface area contributed by atoms with Crippen LogP contribution in [0.15, 0.2) is 47.8 Å². The van der Waals surface area contributed by atoms with Gasteiger partial charge < -0.3 is 0 Å². The lowest BCUT2D eigenvalue weighted by molar-refractivity contribution is 0.967. The Hall–Kier alpha value is -0.730. The monoisotopic (exact) mass is 220 g/mol. The first-order valence-electron chi connectivity index (χ1n) is 4.61. The average Bonchev–Trinajstić information content (AvgIpc) is 2.74. The molecular weight excluding hydrogens is 208 g/mol. The fourth-order valence-electron chi connectivity index (χ4n) is 1.53. The Morgan fingerprint density at radius 3 is 2.43 bits per heavy atom. The lowest BCUT2D eigenvalue weighted by Gasteiger charge is -2.12. The molecule has 0 amide bonds. The van der Waals surface area contributed by atoms with Crippen LogP contribution in [0.3, 0.4) is 0 Å². The predicted octanol–water partition coefficient (Wildman–Crippen LogP) is 3.81. The van der Waals surface area contributed by atoms with Gasteiger partial charge in [-0.3, -0.25) is 0 Å². The highest BCUT2D eigenvalue weighted by Gasteiger charge is 2.12. The van der Waals surface area contributed by atoms with E-state index in [2.05, 4.69) is 54.4 Å². The number of hydrogen-bond acceptors (Lipinski definition) is 2. The normalized spacial score (nSPS) is 12.6. The molecule has 0 N–H and O–H groups in total. The first kappa shape index (κ1) is 9.81. The highest BCUT2D eigenvalue weighted by atomic mass is 32.1. The van der Waals surface area contributed by atoms with Gasteiger partial charge in [-0.1, -0.05) is 36.4 Å². The van der Waals surface area contributed by atoms with Gasteiger partial charge in [0.05, 0.1) is 0 Å².